The summed E-state index contributed by atoms with van der Waals surface area (Å²) in [5, 5.41) is 0. The fraction of sp³-hybridized carbons (Fsp3) is 0.238. The molecule has 0 bridgehead atoms. The Bertz CT molecular complexity index is 1250. The highest BCUT2D eigenvalue weighted by Gasteiger charge is 2.33. The van der Waals surface area contributed by atoms with Gasteiger partial charge >= 0.3 is 0 Å². The van der Waals surface area contributed by atoms with Gasteiger partial charge in [-0.1, -0.05) is 30.0 Å². The third-order valence-corrected chi connectivity index (χ3v) is 6.48. The molecule has 2 saturated heterocycles. The number of aromatic nitrogens is 2. The number of fused-ring (bicyclic) bond motifs is 1. The van der Waals surface area contributed by atoms with Crippen molar-refractivity contribution in [3.8, 4) is 0 Å². The Morgan fingerprint density at radius 1 is 1.16 bits per heavy atom. The first-order valence-electron chi connectivity index (χ1n) is 9.73. The van der Waals surface area contributed by atoms with Crippen LogP contribution in [-0.4, -0.2) is 50.8 Å². The van der Waals surface area contributed by atoms with E-state index in [9.17, 15) is 9.59 Å². The average Bonchev–Trinajstić information content (AvgIpc) is 3.40. The van der Waals surface area contributed by atoms with Crippen LogP contribution in [0.3, 0.4) is 0 Å². The van der Waals surface area contributed by atoms with Gasteiger partial charge in [0.2, 0.25) is 0 Å². The van der Waals surface area contributed by atoms with E-state index in [-0.39, 0.29) is 18.0 Å². The van der Waals surface area contributed by atoms with Crippen molar-refractivity contribution in [1.29, 1.82) is 0 Å². The van der Waals surface area contributed by atoms with Gasteiger partial charge in [-0.3, -0.25) is 18.9 Å². The SMILES string of the molecule is O=C1/C(=C\c2c(N3CCOCC3)nc3ccccn3c2=O)SC(=S)N1Cc1ccco1. The molecule has 2 fully saturated rings. The topological polar surface area (TPSA) is 80.3 Å². The largest absolute Gasteiger partial charge is 0.467 e. The van der Waals surface area contributed by atoms with Gasteiger partial charge in [0.25, 0.3) is 11.5 Å². The number of thioether (sulfide) groups is 1. The van der Waals surface area contributed by atoms with E-state index in [1.54, 1.807) is 42.8 Å². The molecule has 5 heterocycles. The summed E-state index contributed by atoms with van der Waals surface area (Å²) in [7, 11) is 0. The van der Waals surface area contributed by atoms with Gasteiger partial charge in [0.1, 0.15) is 21.5 Å². The molecule has 3 aromatic rings. The van der Waals surface area contributed by atoms with Crippen LogP contribution in [-0.2, 0) is 16.1 Å². The van der Waals surface area contributed by atoms with E-state index in [4.69, 9.17) is 26.4 Å². The number of amides is 1. The molecule has 0 atom stereocenters. The van der Waals surface area contributed by atoms with E-state index in [0.29, 0.717) is 58.3 Å². The molecule has 0 radical (unpaired) electrons. The van der Waals surface area contributed by atoms with Crippen LogP contribution in [0.2, 0.25) is 0 Å². The zero-order chi connectivity index (χ0) is 21.4. The van der Waals surface area contributed by atoms with E-state index < -0.39 is 0 Å². The number of anilines is 1. The van der Waals surface area contributed by atoms with Crippen LogP contribution in [0.1, 0.15) is 11.3 Å². The highest BCUT2D eigenvalue weighted by molar-refractivity contribution is 8.26. The lowest BCUT2D eigenvalue weighted by molar-refractivity contribution is -0.122. The summed E-state index contributed by atoms with van der Waals surface area (Å²) in [6, 6.07) is 8.96. The van der Waals surface area contributed by atoms with Gasteiger partial charge < -0.3 is 14.1 Å². The van der Waals surface area contributed by atoms with E-state index in [2.05, 4.69) is 0 Å². The third kappa shape index (κ3) is 3.78. The van der Waals surface area contributed by atoms with Crippen molar-refractivity contribution in [2.75, 3.05) is 31.2 Å². The zero-order valence-electron chi connectivity index (χ0n) is 16.4. The Hall–Kier alpha value is -2.95. The molecule has 0 unspecified atom stereocenters. The Labute approximate surface area is 187 Å². The van der Waals surface area contributed by atoms with Crippen LogP contribution in [0.5, 0.6) is 0 Å². The summed E-state index contributed by atoms with van der Waals surface area (Å²) in [5.74, 6) is 0.937. The van der Waals surface area contributed by atoms with Gasteiger partial charge in [-0.2, -0.15) is 0 Å². The molecule has 0 saturated carbocycles. The van der Waals surface area contributed by atoms with Crippen LogP contribution in [0.15, 0.2) is 56.9 Å². The number of pyridine rings is 1. The smallest absolute Gasteiger partial charge is 0.267 e. The molecular formula is C21H18N4O4S2. The number of carbonyl (C=O) groups excluding carboxylic acids is 1. The molecule has 5 rings (SSSR count). The predicted molar refractivity (Wildman–Crippen MR) is 122 cm³/mol. The van der Waals surface area contributed by atoms with Gasteiger partial charge in [0, 0.05) is 19.3 Å². The summed E-state index contributed by atoms with van der Waals surface area (Å²) >= 11 is 6.59. The highest BCUT2D eigenvalue weighted by Crippen LogP contribution is 2.34. The lowest BCUT2D eigenvalue weighted by atomic mass is 10.2. The Kier molecular flexibility index (Phi) is 5.34. The van der Waals surface area contributed by atoms with Crippen molar-refractivity contribution in [3.63, 3.8) is 0 Å². The second kappa shape index (κ2) is 8.29. The maximum absolute atomic E-state index is 13.3. The predicted octanol–water partition coefficient (Wildman–Crippen LogP) is 2.53. The van der Waals surface area contributed by atoms with Gasteiger partial charge in [-0.15, -0.1) is 0 Å². The number of ether oxygens (including phenoxy) is 1. The first-order chi connectivity index (χ1) is 15.1. The van der Waals surface area contributed by atoms with Gasteiger partial charge in [0.05, 0.1) is 36.5 Å². The fourth-order valence-corrected chi connectivity index (χ4v) is 4.80. The zero-order valence-corrected chi connectivity index (χ0v) is 18.0. The number of hydrogen-bond acceptors (Lipinski definition) is 8. The quantitative estimate of drug-likeness (QED) is 0.440. The minimum Gasteiger partial charge on any atom is -0.467 e. The Morgan fingerprint density at radius 2 is 2.00 bits per heavy atom. The van der Waals surface area contributed by atoms with Gasteiger partial charge in [0.15, 0.2) is 0 Å². The molecule has 2 aliphatic heterocycles. The first-order valence-corrected chi connectivity index (χ1v) is 11.0. The lowest BCUT2D eigenvalue weighted by Gasteiger charge is -2.29. The molecule has 158 valence electrons. The molecule has 3 aromatic heterocycles. The molecule has 0 aliphatic carbocycles. The number of rotatable bonds is 4. The summed E-state index contributed by atoms with van der Waals surface area (Å²) in [4.78, 5) is 35.0. The summed E-state index contributed by atoms with van der Waals surface area (Å²) < 4.78 is 12.7. The van der Waals surface area contributed by atoms with Crippen molar-refractivity contribution in [1.82, 2.24) is 14.3 Å². The number of carbonyl (C=O) groups is 1. The Morgan fingerprint density at radius 3 is 2.77 bits per heavy atom. The molecule has 0 N–H and O–H groups in total. The van der Waals surface area contributed by atoms with Crippen LogP contribution in [0.25, 0.3) is 11.7 Å². The van der Waals surface area contributed by atoms with E-state index >= 15 is 0 Å². The monoisotopic (exact) mass is 454 g/mol. The number of thiocarbonyl (C=S) groups is 1. The average molecular weight is 455 g/mol. The fourth-order valence-electron chi connectivity index (χ4n) is 3.56. The van der Waals surface area contributed by atoms with Crippen molar-refractivity contribution >= 4 is 51.7 Å². The lowest BCUT2D eigenvalue weighted by Crippen LogP contribution is -2.38. The van der Waals surface area contributed by atoms with Gasteiger partial charge in [-0.25, -0.2) is 4.98 Å². The normalized spacial score (nSPS) is 18.5. The third-order valence-electron chi connectivity index (χ3n) is 5.10. The molecule has 2 aliphatic rings. The van der Waals surface area contributed by atoms with E-state index in [1.807, 2.05) is 11.0 Å². The minimum absolute atomic E-state index is 0.233. The van der Waals surface area contributed by atoms with E-state index in [1.165, 1.54) is 21.1 Å². The van der Waals surface area contributed by atoms with Gasteiger partial charge in [-0.05, 0) is 30.3 Å². The first kappa shape index (κ1) is 20.0. The number of furan rings is 1. The van der Waals surface area contributed by atoms with Crippen LogP contribution < -0.4 is 10.5 Å². The number of nitrogens with zero attached hydrogens (tertiary/aromatic N) is 4. The summed E-state index contributed by atoms with van der Waals surface area (Å²) in [5.41, 5.74) is 0.684. The summed E-state index contributed by atoms with van der Waals surface area (Å²) in [6.07, 6.45) is 4.84. The second-order valence-corrected chi connectivity index (χ2v) is 8.71. The molecule has 8 nitrogen and oxygen atoms in total. The second-order valence-electron chi connectivity index (χ2n) is 7.03. The maximum atomic E-state index is 13.3. The van der Waals surface area contributed by atoms with E-state index in [0.717, 1.165) is 0 Å². The number of hydrogen-bond donors (Lipinski definition) is 0. The molecular weight excluding hydrogens is 436 g/mol. The van der Waals surface area contributed by atoms with Crippen molar-refractivity contribution in [2.45, 2.75) is 6.54 Å². The van der Waals surface area contributed by atoms with Crippen molar-refractivity contribution in [2.24, 2.45) is 0 Å². The van der Waals surface area contributed by atoms with Crippen molar-refractivity contribution < 1.29 is 13.9 Å². The summed E-state index contributed by atoms with van der Waals surface area (Å²) in [6.45, 7) is 2.60. The highest BCUT2D eigenvalue weighted by atomic mass is 32.2. The molecule has 0 aromatic carbocycles. The molecule has 1 amide bonds. The maximum Gasteiger partial charge on any atom is 0.267 e. The van der Waals surface area contributed by atoms with Crippen molar-refractivity contribution in [3.05, 3.63) is 69.4 Å². The van der Waals surface area contributed by atoms with Crippen LogP contribution >= 0.6 is 24.0 Å². The molecule has 10 heteroatoms. The standard InChI is InChI=1S/C21H18N4O4S2/c26-19-15(12-16-20(27)25(21(30)31-16)13-14-4-3-9-29-14)18(23-7-10-28-11-8-23)22-17-5-1-2-6-24(17)19/h1-6,9,12H,7-8,10-11,13H2/b16-12+. The minimum atomic E-state index is -0.253. The van der Waals surface area contributed by atoms with Crippen LogP contribution in [0, 0.1) is 0 Å². The molecule has 31 heavy (non-hydrogen) atoms. The molecule has 0 spiro atoms. The van der Waals surface area contributed by atoms with Crippen LogP contribution in [0.4, 0.5) is 5.82 Å². The Balaban J connectivity index is 1.58. The number of morpholine rings is 1.